The van der Waals surface area contributed by atoms with Gasteiger partial charge in [0.2, 0.25) is 10.0 Å². The third kappa shape index (κ3) is 2.74. The maximum absolute atomic E-state index is 12.9. The first-order valence-electron chi connectivity index (χ1n) is 7.20. The summed E-state index contributed by atoms with van der Waals surface area (Å²) in [5.74, 6) is 0.920. The Balaban J connectivity index is 1.96. The molecule has 20 heavy (non-hydrogen) atoms. The highest BCUT2D eigenvalue weighted by atomic mass is 35.5. The van der Waals surface area contributed by atoms with E-state index >= 15 is 0 Å². The average molecular weight is 314 g/mol. The van der Waals surface area contributed by atoms with Gasteiger partial charge < -0.3 is 0 Å². The van der Waals surface area contributed by atoms with Gasteiger partial charge in [0.1, 0.15) is 0 Å². The Hall–Kier alpha value is -0.580. The Morgan fingerprint density at radius 2 is 1.95 bits per heavy atom. The van der Waals surface area contributed by atoms with Crippen LogP contribution in [0.4, 0.5) is 0 Å². The molecule has 2 aliphatic rings. The minimum absolute atomic E-state index is 0.222. The van der Waals surface area contributed by atoms with Gasteiger partial charge >= 0.3 is 0 Å². The van der Waals surface area contributed by atoms with Gasteiger partial charge in [-0.3, -0.25) is 0 Å². The maximum atomic E-state index is 12.9. The molecule has 0 atom stereocenters. The van der Waals surface area contributed by atoms with Gasteiger partial charge in [-0.1, -0.05) is 12.1 Å². The molecule has 5 heteroatoms. The number of alkyl halides is 1. The maximum Gasteiger partial charge on any atom is 0.243 e. The van der Waals surface area contributed by atoms with Crippen molar-refractivity contribution >= 4 is 21.6 Å². The van der Waals surface area contributed by atoms with E-state index in [1.165, 1.54) is 12.8 Å². The third-order valence-electron chi connectivity index (χ3n) is 4.22. The molecule has 0 unspecified atom stereocenters. The van der Waals surface area contributed by atoms with Crippen LogP contribution in [0.15, 0.2) is 23.1 Å². The van der Waals surface area contributed by atoms with Crippen molar-refractivity contribution in [2.24, 2.45) is 5.92 Å². The molecule has 0 aromatic heterocycles. The summed E-state index contributed by atoms with van der Waals surface area (Å²) in [6.45, 7) is 2.55. The Morgan fingerprint density at radius 3 is 2.50 bits per heavy atom. The number of rotatable bonds is 6. The van der Waals surface area contributed by atoms with Crippen molar-refractivity contribution in [3.63, 3.8) is 0 Å². The Bertz CT molecular complexity index is 606. The van der Waals surface area contributed by atoms with Crippen LogP contribution >= 0.6 is 11.6 Å². The van der Waals surface area contributed by atoms with Crippen LogP contribution in [0.3, 0.4) is 0 Å². The molecule has 0 N–H and O–H groups in total. The van der Waals surface area contributed by atoms with Crippen LogP contribution in [0, 0.1) is 12.8 Å². The normalized spacial score (nSPS) is 19.6. The average Bonchev–Trinajstić information content (AvgIpc) is 3.27. The van der Waals surface area contributed by atoms with E-state index in [2.05, 4.69) is 0 Å². The highest BCUT2D eigenvalue weighted by Crippen LogP contribution is 2.38. The molecule has 2 fully saturated rings. The monoisotopic (exact) mass is 313 g/mol. The van der Waals surface area contributed by atoms with Crippen LogP contribution in [-0.4, -0.2) is 25.3 Å². The molecule has 0 aliphatic heterocycles. The summed E-state index contributed by atoms with van der Waals surface area (Å²) in [4.78, 5) is 0.434. The van der Waals surface area contributed by atoms with Crippen LogP contribution in [0.25, 0.3) is 0 Å². The molecule has 3 nitrogen and oxygen atoms in total. The first-order valence-corrected chi connectivity index (χ1v) is 9.18. The number of benzene rings is 1. The molecular formula is C15H20ClNO2S. The topological polar surface area (TPSA) is 37.4 Å². The molecule has 0 amide bonds. The lowest BCUT2D eigenvalue weighted by Crippen LogP contribution is -2.35. The molecule has 110 valence electrons. The summed E-state index contributed by atoms with van der Waals surface area (Å²) in [7, 11) is -3.38. The van der Waals surface area contributed by atoms with Crippen molar-refractivity contribution in [3.8, 4) is 0 Å². The van der Waals surface area contributed by atoms with Gasteiger partial charge in [0, 0.05) is 18.5 Å². The van der Waals surface area contributed by atoms with Crippen molar-refractivity contribution < 1.29 is 8.42 Å². The Labute approximate surface area is 126 Å². The summed E-state index contributed by atoms with van der Waals surface area (Å²) in [6.07, 6.45) is 4.33. The molecule has 0 heterocycles. The van der Waals surface area contributed by atoms with Crippen molar-refractivity contribution in [1.29, 1.82) is 0 Å². The first-order chi connectivity index (χ1) is 9.54. The summed E-state index contributed by atoms with van der Waals surface area (Å²) in [5, 5.41) is 0. The van der Waals surface area contributed by atoms with Gasteiger partial charge in [0.25, 0.3) is 0 Å². The first kappa shape index (κ1) is 14.4. The summed E-state index contributed by atoms with van der Waals surface area (Å²) < 4.78 is 27.6. The van der Waals surface area contributed by atoms with Gasteiger partial charge in [0.15, 0.2) is 0 Å². The van der Waals surface area contributed by atoms with E-state index in [4.69, 9.17) is 11.6 Å². The molecule has 3 rings (SSSR count). The highest BCUT2D eigenvalue weighted by molar-refractivity contribution is 7.89. The number of halogens is 1. The van der Waals surface area contributed by atoms with Gasteiger partial charge in [-0.15, -0.1) is 11.6 Å². The quantitative estimate of drug-likeness (QED) is 0.756. The number of hydrogen-bond acceptors (Lipinski definition) is 2. The van der Waals surface area contributed by atoms with E-state index < -0.39 is 10.0 Å². The molecule has 0 radical (unpaired) electrons. The standard InChI is InChI=1S/C15H20ClNO2S/c1-11-13(9-16)3-2-4-15(11)20(18,19)17(14-7-8-14)10-12-5-6-12/h2-4,12,14H,5-10H2,1H3. The smallest absolute Gasteiger partial charge is 0.207 e. The van der Waals surface area contributed by atoms with Gasteiger partial charge in [-0.25, -0.2) is 8.42 Å². The second-order valence-corrected chi connectivity index (χ2v) is 8.05. The predicted octanol–water partition coefficient (Wildman–Crippen LogP) is 3.30. The van der Waals surface area contributed by atoms with Gasteiger partial charge in [-0.2, -0.15) is 4.31 Å². The van der Waals surface area contributed by atoms with Crippen molar-refractivity contribution in [2.45, 2.75) is 49.4 Å². The molecule has 1 aromatic rings. The van der Waals surface area contributed by atoms with Crippen molar-refractivity contribution in [1.82, 2.24) is 4.31 Å². The lowest BCUT2D eigenvalue weighted by Gasteiger charge is -2.23. The molecule has 2 saturated carbocycles. The molecular weight excluding hydrogens is 294 g/mol. The number of hydrogen-bond donors (Lipinski definition) is 0. The molecule has 0 saturated heterocycles. The lowest BCUT2D eigenvalue weighted by molar-refractivity contribution is 0.388. The number of sulfonamides is 1. The van der Waals surface area contributed by atoms with Crippen LogP contribution in [-0.2, 0) is 15.9 Å². The van der Waals surface area contributed by atoms with Crippen LogP contribution in [0.1, 0.15) is 36.8 Å². The fourth-order valence-corrected chi connectivity index (χ4v) is 4.89. The second-order valence-electron chi connectivity index (χ2n) is 5.92. The van der Waals surface area contributed by atoms with E-state index in [1.54, 1.807) is 16.4 Å². The van der Waals surface area contributed by atoms with E-state index in [0.29, 0.717) is 23.2 Å². The van der Waals surface area contributed by atoms with Gasteiger partial charge in [-0.05, 0) is 55.7 Å². The summed E-state index contributed by atoms with van der Waals surface area (Å²) in [5.41, 5.74) is 1.69. The number of nitrogens with zero attached hydrogens (tertiary/aromatic N) is 1. The zero-order valence-corrected chi connectivity index (χ0v) is 13.3. The lowest BCUT2D eigenvalue weighted by atomic mass is 10.1. The second kappa shape index (κ2) is 5.32. The van der Waals surface area contributed by atoms with E-state index in [-0.39, 0.29) is 6.04 Å². The Kier molecular flexibility index (Phi) is 3.82. The zero-order chi connectivity index (χ0) is 14.3. The SMILES string of the molecule is Cc1c(CCl)cccc1S(=O)(=O)N(CC1CC1)C1CC1. The fraction of sp³-hybridized carbons (Fsp3) is 0.600. The Morgan fingerprint density at radius 1 is 1.25 bits per heavy atom. The minimum atomic E-state index is -3.38. The fourth-order valence-electron chi connectivity index (χ4n) is 2.57. The molecule has 0 bridgehead atoms. The predicted molar refractivity (Wildman–Crippen MR) is 80.4 cm³/mol. The van der Waals surface area contributed by atoms with E-state index in [9.17, 15) is 8.42 Å². The van der Waals surface area contributed by atoms with Crippen LogP contribution < -0.4 is 0 Å². The van der Waals surface area contributed by atoms with Crippen LogP contribution in [0.2, 0.25) is 0 Å². The summed E-state index contributed by atoms with van der Waals surface area (Å²) >= 11 is 5.89. The third-order valence-corrected chi connectivity index (χ3v) is 6.57. The van der Waals surface area contributed by atoms with E-state index in [1.807, 2.05) is 13.0 Å². The van der Waals surface area contributed by atoms with Crippen LogP contribution in [0.5, 0.6) is 0 Å². The molecule has 1 aromatic carbocycles. The van der Waals surface area contributed by atoms with Gasteiger partial charge in [0.05, 0.1) is 4.90 Å². The van der Waals surface area contributed by atoms with E-state index in [0.717, 1.165) is 24.0 Å². The van der Waals surface area contributed by atoms with Crippen molar-refractivity contribution in [2.75, 3.05) is 6.54 Å². The largest absolute Gasteiger partial charge is 0.243 e. The molecule has 2 aliphatic carbocycles. The molecule has 0 spiro atoms. The van der Waals surface area contributed by atoms with Crippen molar-refractivity contribution in [3.05, 3.63) is 29.3 Å². The minimum Gasteiger partial charge on any atom is -0.207 e. The highest BCUT2D eigenvalue weighted by Gasteiger charge is 2.41. The summed E-state index contributed by atoms with van der Waals surface area (Å²) in [6, 6.07) is 5.62. The zero-order valence-electron chi connectivity index (χ0n) is 11.7.